The van der Waals surface area contributed by atoms with Gasteiger partial charge in [0.1, 0.15) is 5.54 Å². The molecule has 0 bridgehead atoms. The molecule has 2 atom stereocenters. The molecule has 1 saturated carbocycles. The normalized spacial score (nSPS) is 38.6. The Labute approximate surface area is 79.9 Å². The molecular weight excluding hydrogens is 164 g/mol. The van der Waals surface area contributed by atoms with Crippen LogP contribution in [0.4, 0.5) is 0 Å². The Bertz CT molecular complexity index is 225. The van der Waals surface area contributed by atoms with Crippen molar-refractivity contribution in [3.05, 3.63) is 0 Å². The van der Waals surface area contributed by atoms with Gasteiger partial charge in [-0.25, -0.2) is 0 Å². The summed E-state index contributed by atoms with van der Waals surface area (Å²) in [6.07, 6.45) is 3.13. The smallest absolute Gasteiger partial charge is 0.238 e. The van der Waals surface area contributed by atoms with E-state index in [0.717, 1.165) is 19.3 Å². The van der Waals surface area contributed by atoms with Crippen molar-refractivity contribution in [3.63, 3.8) is 0 Å². The third-order valence-corrected chi connectivity index (χ3v) is 3.74. The molecule has 3 nitrogen and oxygen atoms in total. The lowest BCUT2D eigenvalue weighted by molar-refractivity contribution is -0.132. The second-order valence-corrected chi connectivity index (χ2v) is 4.91. The minimum Gasteiger partial charge on any atom is -0.368 e. The molecular formula is C10H20N2O. The zero-order chi connectivity index (χ0) is 10.3. The second-order valence-electron chi connectivity index (χ2n) is 4.91. The van der Waals surface area contributed by atoms with Crippen molar-refractivity contribution in [3.8, 4) is 0 Å². The zero-order valence-electron chi connectivity index (χ0n) is 8.76. The maximum Gasteiger partial charge on any atom is 0.238 e. The van der Waals surface area contributed by atoms with E-state index in [1.165, 1.54) is 0 Å². The molecule has 1 amide bonds. The summed E-state index contributed by atoms with van der Waals surface area (Å²) in [5.74, 6) is -0.168. The summed E-state index contributed by atoms with van der Waals surface area (Å²) >= 11 is 0. The first kappa shape index (κ1) is 10.5. The third kappa shape index (κ3) is 1.35. The highest BCUT2D eigenvalue weighted by molar-refractivity contribution is 5.86. The maximum absolute atomic E-state index is 11.4. The van der Waals surface area contributed by atoms with Crippen molar-refractivity contribution in [2.75, 3.05) is 0 Å². The summed E-state index contributed by atoms with van der Waals surface area (Å²) in [6, 6.07) is 0. The molecule has 1 rings (SSSR count). The SMILES string of the molecule is CC1CCCC(C)(C)C1(N)C(N)=O. The quantitative estimate of drug-likeness (QED) is 0.638. The van der Waals surface area contributed by atoms with Crippen molar-refractivity contribution in [1.82, 2.24) is 0 Å². The lowest BCUT2D eigenvalue weighted by Gasteiger charge is -2.49. The lowest BCUT2D eigenvalue weighted by Crippen LogP contribution is -2.66. The van der Waals surface area contributed by atoms with Crippen LogP contribution in [0.25, 0.3) is 0 Å². The predicted octanol–water partition coefficient (Wildman–Crippen LogP) is 1.02. The van der Waals surface area contributed by atoms with Crippen molar-refractivity contribution in [1.29, 1.82) is 0 Å². The monoisotopic (exact) mass is 184 g/mol. The van der Waals surface area contributed by atoms with E-state index >= 15 is 0 Å². The van der Waals surface area contributed by atoms with Crippen molar-refractivity contribution in [2.24, 2.45) is 22.8 Å². The molecule has 76 valence electrons. The molecule has 13 heavy (non-hydrogen) atoms. The lowest BCUT2D eigenvalue weighted by atomic mass is 9.58. The number of hydrogen-bond acceptors (Lipinski definition) is 2. The van der Waals surface area contributed by atoms with Crippen LogP contribution >= 0.6 is 0 Å². The van der Waals surface area contributed by atoms with Gasteiger partial charge in [-0.05, 0) is 24.2 Å². The molecule has 1 aliphatic rings. The van der Waals surface area contributed by atoms with E-state index in [-0.39, 0.29) is 17.2 Å². The van der Waals surface area contributed by atoms with Gasteiger partial charge in [0, 0.05) is 0 Å². The van der Waals surface area contributed by atoms with Crippen LogP contribution in [-0.2, 0) is 4.79 Å². The van der Waals surface area contributed by atoms with E-state index < -0.39 is 5.54 Å². The Morgan fingerprint density at radius 2 is 2.00 bits per heavy atom. The molecule has 4 N–H and O–H groups in total. The summed E-state index contributed by atoms with van der Waals surface area (Å²) < 4.78 is 0. The number of carbonyl (C=O) groups is 1. The summed E-state index contributed by atoms with van der Waals surface area (Å²) in [5, 5.41) is 0. The molecule has 0 aromatic rings. The van der Waals surface area contributed by atoms with E-state index in [0.29, 0.717) is 0 Å². The first-order valence-electron chi connectivity index (χ1n) is 4.91. The van der Waals surface area contributed by atoms with E-state index in [4.69, 9.17) is 11.5 Å². The fourth-order valence-electron chi connectivity index (χ4n) is 2.53. The third-order valence-electron chi connectivity index (χ3n) is 3.74. The number of rotatable bonds is 1. The first-order valence-corrected chi connectivity index (χ1v) is 4.91. The predicted molar refractivity (Wildman–Crippen MR) is 52.9 cm³/mol. The van der Waals surface area contributed by atoms with Gasteiger partial charge in [0.15, 0.2) is 0 Å². The van der Waals surface area contributed by atoms with Gasteiger partial charge in [-0.2, -0.15) is 0 Å². The van der Waals surface area contributed by atoms with Crippen LogP contribution in [-0.4, -0.2) is 11.4 Å². The van der Waals surface area contributed by atoms with Crippen LogP contribution in [0.5, 0.6) is 0 Å². The van der Waals surface area contributed by atoms with Crippen LogP contribution < -0.4 is 11.5 Å². The van der Waals surface area contributed by atoms with Crippen molar-refractivity contribution < 1.29 is 4.79 Å². The maximum atomic E-state index is 11.4. The van der Waals surface area contributed by atoms with E-state index in [1.54, 1.807) is 0 Å². The van der Waals surface area contributed by atoms with Gasteiger partial charge in [0.05, 0.1) is 0 Å². The average molecular weight is 184 g/mol. The van der Waals surface area contributed by atoms with Gasteiger partial charge < -0.3 is 11.5 Å². The summed E-state index contributed by atoms with van der Waals surface area (Å²) in [7, 11) is 0. The average Bonchev–Trinajstić information content (AvgIpc) is 1.99. The number of amides is 1. The Balaban J connectivity index is 3.05. The number of hydrogen-bond donors (Lipinski definition) is 2. The molecule has 0 saturated heterocycles. The highest BCUT2D eigenvalue weighted by Crippen LogP contribution is 2.45. The van der Waals surface area contributed by atoms with Crippen LogP contribution in [0.3, 0.4) is 0 Å². The van der Waals surface area contributed by atoms with Gasteiger partial charge in [0.25, 0.3) is 0 Å². The molecule has 1 aliphatic carbocycles. The summed E-state index contributed by atoms with van der Waals surface area (Å²) in [6.45, 7) is 6.09. The van der Waals surface area contributed by atoms with Crippen molar-refractivity contribution in [2.45, 2.75) is 45.6 Å². The highest BCUT2D eigenvalue weighted by atomic mass is 16.1. The zero-order valence-corrected chi connectivity index (χ0v) is 8.76. The van der Waals surface area contributed by atoms with E-state index in [2.05, 4.69) is 0 Å². The Morgan fingerprint density at radius 1 is 1.46 bits per heavy atom. The standard InChI is InChI=1S/C10H20N2O/c1-7-5-4-6-9(2,3)10(7,12)8(11)13/h7H,4-6,12H2,1-3H3,(H2,11,13). The first-order chi connectivity index (χ1) is 5.82. The van der Waals surface area contributed by atoms with Gasteiger partial charge in [0.2, 0.25) is 5.91 Å². The minimum atomic E-state index is -0.828. The minimum absolute atomic E-state index is 0.170. The molecule has 0 aliphatic heterocycles. The fourth-order valence-corrected chi connectivity index (χ4v) is 2.53. The topological polar surface area (TPSA) is 69.1 Å². The van der Waals surface area contributed by atoms with Crippen LogP contribution in [0.15, 0.2) is 0 Å². The van der Waals surface area contributed by atoms with E-state index in [1.807, 2.05) is 20.8 Å². The number of primary amides is 1. The molecule has 0 aromatic heterocycles. The Kier molecular flexibility index (Phi) is 2.41. The van der Waals surface area contributed by atoms with Gasteiger partial charge in [-0.3, -0.25) is 4.79 Å². The van der Waals surface area contributed by atoms with Crippen LogP contribution in [0.2, 0.25) is 0 Å². The van der Waals surface area contributed by atoms with Gasteiger partial charge in [-0.1, -0.05) is 27.2 Å². The van der Waals surface area contributed by atoms with Crippen LogP contribution in [0.1, 0.15) is 40.0 Å². The molecule has 1 fully saturated rings. The number of carbonyl (C=O) groups excluding carboxylic acids is 1. The fraction of sp³-hybridized carbons (Fsp3) is 0.900. The highest BCUT2D eigenvalue weighted by Gasteiger charge is 2.52. The Hall–Kier alpha value is -0.570. The molecule has 3 heteroatoms. The van der Waals surface area contributed by atoms with Gasteiger partial charge in [-0.15, -0.1) is 0 Å². The molecule has 0 heterocycles. The molecule has 0 radical (unpaired) electrons. The van der Waals surface area contributed by atoms with Crippen molar-refractivity contribution >= 4 is 5.91 Å². The largest absolute Gasteiger partial charge is 0.368 e. The summed E-state index contributed by atoms with van der Waals surface area (Å²) in [5.41, 5.74) is 10.6. The number of nitrogens with two attached hydrogens (primary N) is 2. The Morgan fingerprint density at radius 3 is 2.31 bits per heavy atom. The van der Waals surface area contributed by atoms with E-state index in [9.17, 15) is 4.79 Å². The van der Waals surface area contributed by atoms with Gasteiger partial charge >= 0.3 is 0 Å². The molecule has 0 aromatic carbocycles. The summed E-state index contributed by atoms with van der Waals surface area (Å²) in [4.78, 5) is 11.4. The second kappa shape index (κ2) is 2.98. The molecule has 0 spiro atoms. The molecule has 2 unspecified atom stereocenters. The van der Waals surface area contributed by atoms with Crippen LogP contribution in [0, 0.1) is 11.3 Å².